The highest BCUT2D eigenvalue weighted by atomic mass is 35.5. The number of ether oxygens (including phenoxy) is 2. The molecule has 1 aromatic carbocycles. The van der Waals surface area contributed by atoms with Gasteiger partial charge in [-0.15, -0.1) is 0 Å². The van der Waals surface area contributed by atoms with Gasteiger partial charge in [0.25, 0.3) is 0 Å². The number of nitrogens with zero attached hydrogens (tertiary/aromatic N) is 1. The Morgan fingerprint density at radius 2 is 1.93 bits per heavy atom. The molecule has 1 aliphatic heterocycles. The van der Waals surface area contributed by atoms with Gasteiger partial charge in [-0.2, -0.15) is 0 Å². The van der Waals surface area contributed by atoms with Crippen LogP contribution in [0, 0.1) is 5.92 Å². The zero-order chi connectivity index (χ0) is 22.3. The summed E-state index contributed by atoms with van der Waals surface area (Å²) in [6, 6.07) is 3.42. The van der Waals surface area contributed by atoms with Gasteiger partial charge in [-0.1, -0.05) is 35.9 Å². The Balaban J connectivity index is 2.34. The first-order valence-electron chi connectivity index (χ1n) is 10.3. The minimum absolute atomic E-state index is 0.163. The lowest BCUT2D eigenvalue weighted by atomic mass is 9.85. The van der Waals surface area contributed by atoms with E-state index >= 15 is 0 Å². The summed E-state index contributed by atoms with van der Waals surface area (Å²) in [4.78, 5) is 2.40. The standard InChI is InChI=1S/C22H34Cl2N2O3S/c1-6-12-29-20-15-19(24)18(23)14-17(20)21(25-30(27)22(2,3)4)16-7-9-26(10-8-16)11-13-28-5/h6,14-16,21,25H,1,7-13H2,2-5H3. The maximum absolute atomic E-state index is 13.0. The van der Waals surface area contributed by atoms with E-state index in [1.54, 1.807) is 19.3 Å². The molecular weight excluding hydrogens is 443 g/mol. The SMILES string of the molecule is C=CCOc1cc(Cl)c(Cl)cc1C(NS(=O)C(C)(C)C)C1CCN(CCOC)CC1. The molecule has 2 atom stereocenters. The van der Waals surface area contributed by atoms with E-state index in [9.17, 15) is 4.21 Å². The van der Waals surface area contributed by atoms with Crippen molar-refractivity contribution in [1.82, 2.24) is 9.62 Å². The fourth-order valence-corrected chi connectivity index (χ4v) is 4.73. The van der Waals surface area contributed by atoms with E-state index < -0.39 is 15.7 Å². The van der Waals surface area contributed by atoms with Crippen molar-refractivity contribution in [2.45, 2.75) is 44.4 Å². The molecule has 0 amide bonds. The van der Waals surface area contributed by atoms with E-state index in [4.69, 9.17) is 32.7 Å². The van der Waals surface area contributed by atoms with Crippen molar-refractivity contribution < 1.29 is 13.7 Å². The van der Waals surface area contributed by atoms with Crippen molar-refractivity contribution in [3.8, 4) is 5.75 Å². The van der Waals surface area contributed by atoms with Crippen LogP contribution in [0.25, 0.3) is 0 Å². The van der Waals surface area contributed by atoms with Crippen LogP contribution in [0.2, 0.25) is 10.0 Å². The van der Waals surface area contributed by atoms with Crippen LogP contribution in [0.1, 0.15) is 45.2 Å². The third kappa shape index (κ3) is 7.21. The number of hydrogen-bond donors (Lipinski definition) is 1. The lowest BCUT2D eigenvalue weighted by Crippen LogP contribution is -2.43. The van der Waals surface area contributed by atoms with Gasteiger partial charge in [0.2, 0.25) is 0 Å². The number of rotatable bonds is 10. The largest absolute Gasteiger partial charge is 0.489 e. The molecule has 1 heterocycles. The first-order chi connectivity index (χ1) is 14.2. The summed E-state index contributed by atoms with van der Waals surface area (Å²) >= 11 is 12.6. The fourth-order valence-electron chi connectivity index (χ4n) is 3.50. The first-order valence-corrected chi connectivity index (χ1v) is 12.2. The Bertz CT molecular complexity index is 732. The van der Waals surface area contributed by atoms with E-state index in [-0.39, 0.29) is 6.04 Å². The number of likely N-dealkylation sites (tertiary alicyclic amines) is 1. The fraction of sp³-hybridized carbons (Fsp3) is 0.636. The van der Waals surface area contributed by atoms with E-state index in [1.165, 1.54) is 0 Å². The summed E-state index contributed by atoms with van der Waals surface area (Å²) in [7, 11) is 0.481. The summed E-state index contributed by atoms with van der Waals surface area (Å²) < 4.78 is 27.1. The second kappa shape index (κ2) is 11.8. The van der Waals surface area contributed by atoms with Crippen LogP contribution in [0.4, 0.5) is 0 Å². The minimum Gasteiger partial charge on any atom is -0.489 e. The number of halogens is 2. The third-order valence-electron chi connectivity index (χ3n) is 5.25. The average molecular weight is 477 g/mol. The van der Waals surface area contributed by atoms with Gasteiger partial charge in [0.05, 0.1) is 38.4 Å². The Morgan fingerprint density at radius 1 is 1.30 bits per heavy atom. The highest BCUT2D eigenvalue weighted by molar-refractivity contribution is 7.84. The molecule has 0 bridgehead atoms. The number of hydrogen-bond acceptors (Lipinski definition) is 4. The quantitative estimate of drug-likeness (QED) is 0.482. The van der Waals surface area contributed by atoms with Crippen LogP contribution in [-0.2, 0) is 15.7 Å². The predicted octanol–water partition coefficient (Wildman–Crippen LogP) is 5.01. The van der Waals surface area contributed by atoms with Crippen LogP contribution in [-0.4, -0.2) is 53.8 Å². The molecule has 1 fully saturated rings. The van der Waals surface area contributed by atoms with E-state index in [1.807, 2.05) is 26.8 Å². The van der Waals surface area contributed by atoms with Crippen LogP contribution >= 0.6 is 23.2 Å². The Kier molecular flexibility index (Phi) is 10.1. The predicted molar refractivity (Wildman–Crippen MR) is 127 cm³/mol. The van der Waals surface area contributed by atoms with Crippen molar-refractivity contribution in [2.24, 2.45) is 5.92 Å². The highest BCUT2D eigenvalue weighted by Gasteiger charge is 2.33. The van der Waals surface area contributed by atoms with Gasteiger partial charge in [0.1, 0.15) is 12.4 Å². The maximum Gasteiger partial charge on any atom is 0.126 e. The van der Waals surface area contributed by atoms with E-state index in [2.05, 4.69) is 16.2 Å². The molecule has 5 nitrogen and oxygen atoms in total. The first kappa shape index (κ1) is 25.6. The highest BCUT2D eigenvalue weighted by Crippen LogP contribution is 2.40. The Hall–Kier alpha value is -0.630. The van der Waals surface area contributed by atoms with Crippen molar-refractivity contribution >= 4 is 34.2 Å². The lowest BCUT2D eigenvalue weighted by Gasteiger charge is -2.37. The number of piperidine rings is 1. The third-order valence-corrected chi connectivity index (χ3v) is 7.55. The molecule has 1 N–H and O–H groups in total. The summed E-state index contributed by atoms with van der Waals surface area (Å²) in [6.45, 7) is 13.6. The van der Waals surface area contributed by atoms with Gasteiger partial charge in [0, 0.05) is 25.3 Å². The molecule has 1 saturated heterocycles. The van der Waals surface area contributed by atoms with Crippen molar-refractivity contribution in [2.75, 3.05) is 40.0 Å². The van der Waals surface area contributed by atoms with E-state index in [0.717, 1.165) is 44.6 Å². The van der Waals surface area contributed by atoms with Gasteiger partial charge < -0.3 is 14.4 Å². The molecule has 0 aliphatic carbocycles. The zero-order valence-electron chi connectivity index (χ0n) is 18.4. The molecule has 0 saturated carbocycles. The Morgan fingerprint density at radius 3 is 2.50 bits per heavy atom. The topological polar surface area (TPSA) is 50.8 Å². The molecular formula is C22H34Cl2N2O3S. The zero-order valence-corrected chi connectivity index (χ0v) is 20.7. The van der Waals surface area contributed by atoms with Gasteiger partial charge in [0.15, 0.2) is 0 Å². The van der Waals surface area contributed by atoms with Gasteiger partial charge >= 0.3 is 0 Å². The average Bonchev–Trinajstić information content (AvgIpc) is 2.70. The molecule has 1 aromatic rings. The molecule has 30 heavy (non-hydrogen) atoms. The maximum atomic E-state index is 13.0. The van der Waals surface area contributed by atoms with Gasteiger partial charge in [-0.05, 0) is 58.7 Å². The summed E-state index contributed by atoms with van der Waals surface area (Å²) in [5, 5.41) is 0.896. The smallest absolute Gasteiger partial charge is 0.126 e. The molecule has 1 aliphatic rings. The molecule has 0 aromatic heterocycles. The summed E-state index contributed by atoms with van der Waals surface area (Å²) in [5.74, 6) is 0.938. The Labute approximate surface area is 193 Å². The van der Waals surface area contributed by atoms with Crippen LogP contribution in [0.3, 0.4) is 0 Å². The molecule has 170 valence electrons. The summed E-state index contributed by atoms with van der Waals surface area (Å²) in [6.07, 6.45) is 3.64. The number of nitrogens with one attached hydrogen (secondary N) is 1. The molecule has 8 heteroatoms. The number of benzene rings is 1. The van der Waals surface area contributed by atoms with E-state index in [0.29, 0.717) is 28.3 Å². The second-order valence-electron chi connectivity index (χ2n) is 8.55. The molecule has 0 spiro atoms. The second-order valence-corrected chi connectivity index (χ2v) is 11.4. The summed E-state index contributed by atoms with van der Waals surface area (Å²) in [5.41, 5.74) is 0.888. The van der Waals surface area contributed by atoms with Crippen LogP contribution in [0.15, 0.2) is 24.8 Å². The monoisotopic (exact) mass is 476 g/mol. The van der Waals surface area contributed by atoms with Crippen LogP contribution in [0.5, 0.6) is 5.75 Å². The lowest BCUT2D eigenvalue weighted by molar-refractivity contribution is 0.113. The normalized spacial score (nSPS) is 18.2. The van der Waals surface area contributed by atoms with Crippen molar-refractivity contribution in [3.63, 3.8) is 0 Å². The molecule has 2 unspecified atom stereocenters. The van der Waals surface area contributed by atoms with Crippen LogP contribution < -0.4 is 9.46 Å². The molecule has 2 rings (SSSR count). The van der Waals surface area contributed by atoms with Gasteiger partial charge in [-0.3, -0.25) is 0 Å². The number of methoxy groups -OCH3 is 1. The molecule has 0 radical (unpaired) electrons. The van der Waals surface area contributed by atoms with Gasteiger partial charge in [-0.25, -0.2) is 8.93 Å². The van der Waals surface area contributed by atoms with Crippen molar-refractivity contribution in [3.05, 3.63) is 40.4 Å². The van der Waals surface area contributed by atoms with Crippen molar-refractivity contribution in [1.29, 1.82) is 0 Å². The minimum atomic E-state index is -1.24.